The first-order chi connectivity index (χ1) is 16.2. The van der Waals surface area contributed by atoms with Crippen LogP contribution in [0, 0.1) is 23.7 Å². The molecule has 2 aliphatic rings. The lowest BCUT2D eigenvalue weighted by molar-refractivity contribution is -0.118. The van der Waals surface area contributed by atoms with Crippen LogP contribution in [0.5, 0.6) is 0 Å². The molecule has 0 unspecified atom stereocenters. The van der Waals surface area contributed by atoms with E-state index < -0.39 is 11.2 Å². The van der Waals surface area contributed by atoms with E-state index in [0.29, 0.717) is 12.5 Å². The van der Waals surface area contributed by atoms with Crippen molar-refractivity contribution in [2.75, 3.05) is 23.7 Å². The molecule has 8 heteroatoms. The van der Waals surface area contributed by atoms with Gasteiger partial charge in [-0.3, -0.25) is 19.1 Å². The summed E-state index contributed by atoms with van der Waals surface area (Å²) in [5.41, 5.74) is 6.07. The van der Waals surface area contributed by atoms with E-state index in [-0.39, 0.29) is 42.5 Å². The van der Waals surface area contributed by atoms with E-state index in [1.807, 2.05) is 44.2 Å². The molecule has 1 aromatic carbocycles. The third kappa shape index (κ3) is 5.12. The van der Waals surface area contributed by atoms with Gasteiger partial charge in [0, 0.05) is 12.6 Å². The zero-order chi connectivity index (χ0) is 24.4. The van der Waals surface area contributed by atoms with Crippen molar-refractivity contribution in [1.29, 1.82) is 0 Å². The van der Waals surface area contributed by atoms with E-state index in [2.05, 4.69) is 17.2 Å². The van der Waals surface area contributed by atoms with Gasteiger partial charge in [0.15, 0.2) is 5.69 Å². The number of nitrogens with two attached hydrogens (primary N) is 1. The minimum Gasteiger partial charge on any atom is -0.383 e. The largest absolute Gasteiger partial charge is 0.383 e. The molecule has 184 valence electrons. The summed E-state index contributed by atoms with van der Waals surface area (Å²) in [5, 5.41) is 3.42. The fraction of sp³-hybridized carbons (Fsp3) is 0.577. The number of rotatable bonds is 9. The fourth-order valence-corrected chi connectivity index (χ4v) is 5.85. The minimum atomic E-state index is -0.637. The second kappa shape index (κ2) is 10.2. The monoisotopic (exact) mass is 467 g/mol. The molecular weight excluding hydrogens is 430 g/mol. The Morgan fingerprint density at radius 3 is 2.53 bits per heavy atom. The zero-order valence-corrected chi connectivity index (χ0v) is 20.4. The molecule has 1 heterocycles. The van der Waals surface area contributed by atoms with Crippen LogP contribution in [0.1, 0.15) is 52.0 Å². The van der Waals surface area contributed by atoms with Crippen LogP contribution in [0.3, 0.4) is 0 Å². The van der Waals surface area contributed by atoms with Crippen molar-refractivity contribution in [2.24, 2.45) is 23.7 Å². The number of aromatic amines is 1. The highest BCUT2D eigenvalue weighted by atomic mass is 16.2. The van der Waals surface area contributed by atoms with Crippen LogP contribution < -0.4 is 27.2 Å². The molecule has 2 aliphatic carbocycles. The molecule has 2 aromatic rings. The molecule has 1 amide bonds. The summed E-state index contributed by atoms with van der Waals surface area (Å²) in [5.74, 6) is 2.11. The molecule has 8 nitrogen and oxygen atoms in total. The van der Waals surface area contributed by atoms with Gasteiger partial charge < -0.3 is 16.0 Å². The van der Waals surface area contributed by atoms with Crippen molar-refractivity contribution in [3.05, 3.63) is 56.7 Å². The molecule has 0 aliphatic heterocycles. The standard InChI is InChI=1S/C26H37N5O3/c1-16(2)14-30(22(32)13-28-17(3)21-12-19-9-10-20(21)11-19)23-24(27)31(26(34)29-25(23)33)15-18-7-5-4-6-8-18/h4-8,16-17,19-21,28H,9-15,27H2,1-3H3,(H,29,33,34)/t17-,19+,20+,21+/m1/s1. The number of amides is 1. The number of aromatic nitrogens is 2. The number of carbonyl (C=O) groups is 1. The Hall–Kier alpha value is -2.87. The van der Waals surface area contributed by atoms with Gasteiger partial charge in [-0.1, -0.05) is 50.6 Å². The highest BCUT2D eigenvalue weighted by molar-refractivity contribution is 5.96. The van der Waals surface area contributed by atoms with Crippen molar-refractivity contribution >= 4 is 17.4 Å². The lowest BCUT2D eigenvalue weighted by atomic mass is 9.84. The SMILES string of the molecule is CC(C)CN(C(=O)CN[C@H](C)[C@@H]1C[C@H]2CC[C@H]1C2)c1c(N)n(Cc2ccccc2)c(=O)[nH]c1=O. The predicted molar refractivity (Wildman–Crippen MR) is 135 cm³/mol. The number of hydrogen-bond acceptors (Lipinski definition) is 5. The van der Waals surface area contributed by atoms with Gasteiger partial charge in [-0.05, 0) is 55.4 Å². The number of carbonyl (C=O) groups excluding carboxylic acids is 1. The first-order valence-electron chi connectivity index (χ1n) is 12.4. The smallest absolute Gasteiger partial charge is 0.330 e. The van der Waals surface area contributed by atoms with Crippen LogP contribution in [0.15, 0.2) is 39.9 Å². The molecule has 1 aromatic heterocycles. The quantitative estimate of drug-likeness (QED) is 0.525. The van der Waals surface area contributed by atoms with Crippen LogP contribution >= 0.6 is 0 Å². The lowest BCUT2D eigenvalue weighted by Crippen LogP contribution is -2.48. The van der Waals surface area contributed by atoms with Gasteiger partial charge in [0.05, 0.1) is 13.1 Å². The highest BCUT2D eigenvalue weighted by Crippen LogP contribution is 2.49. The number of hydrogen-bond donors (Lipinski definition) is 3. The van der Waals surface area contributed by atoms with Gasteiger partial charge in [0.25, 0.3) is 5.56 Å². The minimum absolute atomic E-state index is 0.00718. The predicted octanol–water partition coefficient (Wildman–Crippen LogP) is 2.57. The van der Waals surface area contributed by atoms with E-state index in [9.17, 15) is 14.4 Å². The Labute approximate surface area is 200 Å². The number of H-pyrrole nitrogens is 1. The van der Waals surface area contributed by atoms with E-state index >= 15 is 0 Å². The van der Waals surface area contributed by atoms with Crippen molar-refractivity contribution in [2.45, 2.75) is 59.0 Å². The molecular formula is C26H37N5O3. The van der Waals surface area contributed by atoms with E-state index in [1.54, 1.807) is 0 Å². The molecule has 4 N–H and O–H groups in total. The summed E-state index contributed by atoms with van der Waals surface area (Å²) >= 11 is 0. The Kier molecular flexibility index (Phi) is 7.26. The summed E-state index contributed by atoms with van der Waals surface area (Å²) in [4.78, 5) is 42.6. The van der Waals surface area contributed by atoms with E-state index in [4.69, 9.17) is 5.73 Å². The molecule has 4 atom stereocenters. The number of nitrogens with zero attached hydrogens (tertiary/aromatic N) is 2. The summed E-state index contributed by atoms with van der Waals surface area (Å²) in [6.07, 6.45) is 5.19. The topological polar surface area (TPSA) is 113 Å². The Bertz CT molecular complexity index is 1120. The Morgan fingerprint density at radius 1 is 1.18 bits per heavy atom. The average molecular weight is 468 g/mol. The summed E-state index contributed by atoms with van der Waals surface area (Å²) < 4.78 is 1.32. The molecule has 2 saturated carbocycles. The van der Waals surface area contributed by atoms with Gasteiger partial charge in [-0.25, -0.2) is 4.79 Å². The Balaban J connectivity index is 1.56. The van der Waals surface area contributed by atoms with Crippen LogP contribution in [0.25, 0.3) is 0 Å². The van der Waals surface area contributed by atoms with E-state index in [1.165, 1.54) is 35.2 Å². The van der Waals surface area contributed by atoms with Crippen molar-refractivity contribution in [1.82, 2.24) is 14.9 Å². The average Bonchev–Trinajstić information content (AvgIpc) is 3.43. The third-order valence-electron chi connectivity index (χ3n) is 7.53. The summed E-state index contributed by atoms with van der Waals surface area (Å²) in [6, 6.07) is 9.65. The number of anilines is 2. The van der Waals surface area contributed by atoms with Crippen LogP contribution in [-0.4, -0.2) is 34.6 Å². The fourth-order valence-electron chi connectivity index (χ4n) is 5.85. The number of benzene rings is 1. The van der Waals surface area contributed by atoms with Crippen molar-refractivity contribution < 1.29 is 4.79 Å². The molecule has 0 spiro atoms. The molecule has 0 radical (unpaired) electrons. The first-order valence-corrected chi connectivity index (χ1v) is 12.4. The molecule has 2 bridgehead atoms. The van der Waals surface area contributed by atoms with Crippen LogP contribution in [-0.2, 0) is 11.3 Å². The molecule has 4 rings (SSSR count). The lowest BCUT2D eigenvalue weighted by Gasteiger charge is -2.30. The maximum Gasteiger partial charge on any atom is 0.330 e. The molecule has 2 fully saturated rings. The van der Waals surface area contributed by atoms with Gasteiger partial charge >= 0.3 is 5.69 Å². The first kappa shape index (κ1) is 24.3. The number of nitrogen functional groups attached to an aromatic ring is 1. The van der Waals surface area contributed by atoms with E-state index in [0.717, 1.165) is 17.4 Å². The van der Waals surface area contributed by atoms with Gasteiger partial charge in [0.1, 0.15) is 5.82 Å². The normalized spacial score (nSPS) is 22.3. The maximum absolute atomic E-state index is 13.4. The van der Waals surface area contributed by atoms with Crippen molar-refractivity contribution in [3.63, 3.8) is 0 Å². The zero-order valence-electron chi connectivity index (χ0n) is 20.4. The van der Waals surface area contributed by atoms with Crippen molar-refractivity contribution in [3.8, 4) is 0 Å². The molecule has 34 heavy (non-hydrogen) atoms. The van der Waals surface area contributed by atoms with Gasteiger partial charge in [-0.15, -0.1) is 0 Å². The second-order valence-electron chi connectivity index (χ2n) is 10.5. The number of nitrogens with one attached hydrogen (secondary N) is 2. The van der Waals surface area contributed by atoms with Gasteiger partial charge in [0.2, 0.25) is 5.91 Å². The molecule has 0 saturated heterocycles. The van der Waals surface area contributed by atoms with Crippen LogP contribution in [0.2, 0.25) is 0 Å². The highest BCUT2D eigenvalue weighted by Gasteiger charge is 2.41. The maximum atomic E-state index is 13.4. The summed E-state index contributed by atoms with van der Waals surface area (Å²) in [7, 11) is 0. The number of fused-ring (bicyclic) bond motifs is 2. The van der Waals surface area contributed by atoms with Gasteiger partial charge in [-0.2, -0.15) is 0 Å². The second-order valence-corrected chi connectivity index (χ2v) is 10.5. The Morgan fingerprint density at radius 2 is 1.91 bits per heavy atom. The van der Waals surface area contributed by atoms with Crippen LogP contribution in [0.4, 0.5) is 11.5 Å². The third-order valence-corrected chi connectivity index (χ3v) is 7.53. The summed E-state index contributed by atoms with van der Waals surface area (Å²) in [6.45, 7) is 6.79.